The van der Waals surface area contributed by atoms with E-state index in [1.54, 1.807) is 16.2 Å². The Labute approximate surface area is 326 Å². The van der Waals surface area contributed by atoms with E-state index in [1.807, 2.05) is 78.2 Å². The van der Waals surface area contributed by atoms with Crippen LogP contribution in [0.3, 0.4) is 0 Å². The van der Waals surface area contributed by atoms with Crippen LogP contribution in [-0.2, 0) is 25.7 Å². The van der Waals surface area contributed by atoms with Gasteiger partial charge >= 0.3 is 6.09 Å². The van der Waals surface area contributed by atoms with Crippen LogP contribution < -0.4 is 10.6 Å². The van der Waals surface area contributed by atoms with E-state index in [-0.39, 0.29) is 36.8 Å². The molecule has 0 spiro atoms. The fourth-order valence-corrected chi connectivity index (χ4v) is 7.81. The molecule has 4 rings (SSSR count). The van der Waals surface area contributed by atoms with Crippen molar-refractivity contribution in [2.45, 2.75) is 137 Å². The van der Waals surface area contributed by atoms with Crippen LogP contribution in [0.25, 0.3) is 10.4 Å². The van der Waals surface area contributed by atoms with E-state index >= 15 is 0 Å². The second kappa shape index (κ2) is 19.9. The molecule has 4 amide bonds. The first-order valence-corrected chi connectivity index (χ1v) is 20.6. The normalized spacial score (nSPS) is 18.7. The first kappa shape index (κ1) is 43.2. The number of carbonyl (C=O) groups excluding carboxylic acids is 4. The standard InChI is InChI=1S/C41H64N6O6S/c1-29-35(54-28-43-29)31-18-16-30(17-19-31)26-42-37(50)33-25-32(48)27-47(33)38(51)36(40(2,3)4)44-34(49)15-13-11-9-8-10-12-14-20-45-21-23-46(24-22-45)39(52)53-41(5,6)7/h16-19,28,32-33,36,48H,8-15,20-27H2,1-7H3,(H,42,50)(H,44,49)/t32-,33+,36-/m1/s1. The number of rotatable bonds is 16. The Hall–Kier alpha value is -3.55. The molecule has 3 heterocycles. The summed E-state index contributed by atoms with van der Waals surface area (Å²) < 4.78 is 5.49. The molecule has 13 heteroatoms. The van der Waals surface area contributed by atoms with Gasteiger partial charge in [0.15, 0.2) is 0 Å². The second-order valence-electron chi connectivity index (χ2n) is 17.0. The number of hydrogen-bond donors (Lipinski definition) is 3. The molecular weight excluding hydrogens is 705 g/mol. The van der Waals surface area contributed by atoms with Gasteiger partial charge in [-0.2, -0.15) is 0 Å². The van der Waals surface area contributed by atoms with Gasteiger partial charge in [0.05, 0.1) is 22.2 Å². The van der Waals surface area contributed by atoms with Crippen LogP contribution in [0, 0.1) is 12.3 Å². The minimum atomic E-state index is -0.825. The molecule has 2 saturated heterocycles. The van der Waals surface area contributed by atoms with Gasteiger partial charge in [-0.25, -0.2) is 9.78 Å². The summed E-state index contributed by atoms with van der Waals surface area (Å²) in [5.74, 6) is -0.839. The van der Waals surface area contributed by atoms with Crippen molar-refractivity contribution in [2.24, 2.45) is 5.41 Å². The average molecular weight is 769 g/mol. The Balaban J connectivity index is 1.13. The Morgan fingerprint density at radius 1 is 0.926 bits per heavy atom. The van der Waals surface area contributed by atoms with E-state index < -0.39 is 29.2 Å². The highest BCUT2D eigenvalue weighted by atomic mass is 32.1. The molecule has 0 unspecified atom stereocenters. The molecule has 0 saturated carbocycles. The molecule has 12 nitrogen and oxygen atoms in total. The van der Waals surface area contributed by atoms with Gasteiger partial charge in [0.1, 0.15) is 17.7 Å². The summed E-state index contributed by atoms with van der Waals surface area (Å²) in [4.78, 5) is 63.7. The smallest absolute Gasteiger partial charge is 0.410 e. The molecule has 300 valence electrons. The maximum Gasteiger partial charge on any atom is 0.410 e. The van der Waals surface area contributed by atoms with Crippen molar-refractivity contribution in [2.75, 3.05) is 39.3 Å². The maximum atomic E-state index is 13.9. The summed E-state index contributed by atoms with van der Waals surface area (Å²) in [5.41, 5.74) is 3.74. The van der Waals surface area contributed by atoms with Gasteiger partial charge in [-0.3, -0.25) is 19.3 Å². The number of likely N-dealkylation sites (tertiary alicyclic amines) is 1. The van der Waals surface area contributed by atoms with Crippen LogP contribution in [-0.4, -0.2) is 112 Å². The molecule has 0 aliphatic carbocycles. The van der Waals surface area contributed by atoms with Crippen LogP contribution >= 0.6 is 11.3 Å². The third-order valence-corrected chi connectivity index (χ3v) is 11.1. The lowest BCUT2D eigenvalue weighted by atomic mass is 9.85. The zero-order valence-electron chi connectivity index (χ0n) is 33.6. The first-order valence-electron chi connectivity index (χ1n) is 19.8. The molecule has 2 aliphatic heterocycles. The van der Waals surface area contributed by atoms with Crippen LogP contribution in [0.4, 0.5) is 4.79 Å². The molecule has 1 aromatic heterocycles. The van der Waals surface area contributed by atoms with Crippen molar-refractivity contribution in [3.05, 3.63) is 41.0 Å². The second-order valence-corrected chi connectivity index (χ2v) is 17.8. The Morgan fingerprint density at radius 2 is 1.56 bits per heavy atom. The predicted octanol–water partition coefficient (Wildman–Crippen LogP) is 5.90. The van der Waals surface area contributed by atoms with E-state index in [2.05, 4.69) is 20.5 Å². The monoisotopic (exact) mass is 768 g/mol. The molecule has 54 heavy (non-hydrogen) atoms. The van der Waals surface area contributed by atoms with Gasteiger partial charge in [0.2, 0.25) is 17.7 Å². The summed E-state index contributed by atoms with van der Waals surface area (Å²) in [5, 5.41) is 16.5. The topological polar surface area (TPSA) is 144 Å². The predicted molar refractivity (Wildman–Crippen MR) is 213 cm³/mol. The molecule has 3 atom stereocenters. The number of unbranched alkanes of at least 4 members (excludes halogenated alkanes) is 6. The number of aromatic nitrogens is 1. The zero-order chi connectivity index (χ0) is 39.5. The fraction of sp³-hybridized carbons (Fsp3) is 0.683. The van der Waals surface area contributed by atoms with Crippen LogP contribution in [0.5, 0.6) is 0 Å². The molecule has 2 fully saturated rings. The number of amides is 4. The lowest BCUT2D eigenvalue weighted by molar-refractivity contribution is -0.144. The number of hydrogen-bond acceptors (Lipinski definition) is 9. The van der Waals surface area contributed by atoms with Crippen molar-refractivity contribution in [1.29, 1.82) is 0 Å². The summed E-state index contributed by atoms with van der Waals surface area (Å²) in [6, 6.07) is 6.31. The van der Waals surface area contributed by atoms with Crippen molar-refractivity contribution < 1.29 is 29.0 Å². The maximum absolute atomic E-state index is 13.9. The quantitative estimate of drug-likeness (QED) is 0.179. The number of aliphatic hydroxyl groups is 1. The highest BCUT2D eigenvalue weighted by Crippen LogP contribution is 2.28. The third kappa shape index (κ3) is 13.3. The van der Waals surface area contributed by atoms with E-state index in [9.17, 15) is 24.3 Å². The number of thiazole rings is 1. The zero-order valence-corrected chi connectivity index (χ0v) is 34.4. The number of aliphatic hydroxyl groups excluding tert-OH is 1. The number of nitrogens with one attached hydrogen (secondary N) is 2. The number of β-amino-alcohol motifs (C(OH)–C–C–N with tert-alkyl or cyclic N) is 1. The molecule has 2 aromatic rings. The Bertz CT molecular complexity index is 1530. The average Bonchev–Trinajstić information content (AvgIpc) is 3.73. The van der Waals surface area contributed by atoms with E-state index in [0.29, 0.717) is 26.1 Å². The highest BCUT2D eigenvalue weighted by Gasteiger charge is 2.44. The van der Waals surface area contributed by atoms with Gasteiger partial charge in [0, 0.05) is 52.1 Å². The van der Waals surface area contributed by atoms with Crippen LogP contribution in [0.15, 0.2) is 29.8 Å². The number of aryl methyl sites for hydroxylation is 1. The first-order chi connectivity index (χ1) is 25.5. The highest BCUT2D eigenvalue weighted by molar-refractivity contribution is 7.13. The molecular formula is C41H64N6O6S. The Kier molecular flexibility index (Phi) is 15.9. The Morgan fingerprint density at radius 3 is 2.15 bits per heavy atom. The van der Waals surface area contributed by atoms with Crippen LogP contribution in [0.2, 0.25) is 0 Å². The lowest BCUT2D eigenvalue weighted by Gasteiger charge is -2.35. The summed E-state index contributed by atoms with van der Waals surface area (Å²) >= 11 is 1.59. The van der Waals surface area contributed by atoms with Gasteiger partial charge in [-0.1, -0.05) is 77.1 Å². The van der Waals surface area contributed by atoms with Crippen molar-refractivity contribution in [1.82, 2.24) is 30.3 Å². The van der Waals surface area contributed by atoms with E-state index in [0.717, 1.165) is 86.3 Å². The minimum absolute atomic E-state index is 0.0486. The number of carbonyl (C=O) groups is 4. The van der Waals surface area contributed by atoms with Gasteiger partial charge in [-0.15, -0.1) is 11.3 Å². The minimum Gasteiger partial charge on any atom is -0.444 e. The molecule has 0 radical (unpaired) electrons. The lowest BCUT2D eigenvalue weighted by Crippen LogP contribution is -2.57. The fourth-order valence-electron chi connectivity index (χ4n) is 7.00. The number of piperazine rings is 1. The largest absolute Gasteiger partial charge is 0.444 e. The number of nitrogens with zero attached hydrogens (tertiary/aromatic N) is 4. The van der Waals surface area contributed by atoms with Crippen LogP contribution in [0.1, 0.15) is 111 Å². The number of ether oxygens (including phenoxy) is 1. The molecule has 1 aromatic carbocycles. The summed E-state index contributed by atoms with van der Waals surface area (Å²) in [6.45, 7) is 17.9. The van der Waals surface area contributed by atoms with Crippen molar-refractivity contribution in [3.63, 3.8) is 0 Å². The van der Waals surface area contributed by atoms with E-state index in [4.69, 9.17) is 4.74 Å². The van der Waals surface area contributed by atoms with Crippen molar-refractivity contribution in [3.8, 4) is 10.4 Å². The van der Waals surface area contributed by atoms with Gasteiger partial charge < -0.3 is 30.3 Å². The third-order valence-electron chi connectivity index (χ3n) is 10.1. The van der Waals surface area contributed by atoms with Gasteiger partial charge in [-0.05, 0) is 63.6 Å². The number of benzene rings is 1. The molecule has 3 N–H and O–H groups in total. The molecule has 2 aliphatic rings. The summed E-state index contributed by atoms with van der Waals surface area (Å²) in [6.07, 6.45) is 6.77. The summed E-state index contributed by atoms with van der Waals surface area (Å²) in [7, 11) is 0. The van der Waals surface area contributed by atoms with Gasteiger partial charge in [0.25, 0.3) is 0 Å². The van der Waals surface area contributed by atoms with Crippen molar-refractivity contribution >= 4 is 35.2 Å². The molecule has 0 bridgehead atoms. The SMILES string of the molecule is Cc1ncsc1-c1ccc(CNC(=O)[C@@H]2C[C@@H](O)CN2C(=O)[C@@H](NC(=O)CCCCCCCCCN2CCN(C(=O)OC(C)(C)C)CC2)C(C)(C)C)cc1. The van der Waals surface area contributed by atoms with E-state index in [1.165, 1.54) is 4.90 Å².